The molecule has 0 aliphatic heterocycles. The smallest absolute Gasteiger partial charge is 0.239 e. The molecule has 0 amide bonds. The molecule has 1 rings (SSSR count). The van der Waals surface area contributed by atoms with Crippen LogP contribution < -0.4 is 15.0 Å². The summed E-state index contributed by atoms with van der Waals surface area (Å²) in [5.74, 6) is 0.676. The zero-order valence-electron chi connectivity index (χ0n) is 12.7. The van der Waals surface area contributed by atoms with E-state index in [1.165, 1.54) is 0 Å². The molecule has 6 nitrogen and oxygen atoms in total. The Morgan fingerprint density at radius 1 is 1.45 bits per heavy atom. The molecule has 0 aliphatic carbocycles. The van der Waals surface area contributed by atoms with E-state index in [1.807, 2.05) is 32.0 Å². The Morgan fingerprint density at radius 2 is 2.10 bits per heavy atom. The van der Waals surface area contributed by atoms with Gasteiger partial charge in [-0.2, -0.15) is 0 Å². The van der Waals surface area contributed by atoms with Crippen LogP contribution in [-0.4, -0.2) is 52.2 Å². The average Bonchev–Trinajstić information content (AvgIpc) is 2.38. The number of ether oxygens (including phenoxy) is 1. The van der Waals surface area contributed by atoms with Gasteiger partial charge in [-0.05, 0) is 13.0 Å². The van der Waals surface area contributed by atoms with Crippen molar-refractivity contribution in [2.75, 3.05) is 42.9 Å². The molecule has 1 heterocycles. The third-order valence-electron chi connectivity index (χ3n) is 2.90. The molecule has 1 N–H and O–H groups in total. The number of pyridine rings is 1. The molecule has 114 valence electrons. The van der Waals surface area contributed by atoms with Gasteiger partial charge < -0.3 is 15.0 Å². The van der Waals surface area contributed by atoms with Crippen molar-refractivity contribution in [3.8, 4) is 5.88 Å². The summed E-state index contributed by atoms with van der Waals surface area (Å²) in [4.78, 5) is 6.07. The zero-order valence-corrected chi connectivity index (χ0v) is 13.5. The maximum Gasteiger partial charge on any atom is 0.239 e. The number of hydrogen-bond acceptors (Lipinski definition) is 6. The molecule has 0 radical (unpaired) electrons. The first-order valence-corrected chi connectivity index (χ1v) is 8.30. The normalized spacial score (nSPS) is 12.8. The van der Waals surface area contributed by atoms with Gasteiger partial charge in [-0.1, -0.05) is 6.92 Å². The standard InChI is InChI=1S/C13H23N3O3S/c1-6-20(17,18)9-10(2)15-12-11(16(3)4)7-8-14-13(12)19-5/h7-8,10,15H,6,9H2,1-5H3. The van der Waals surface area contributed by atoms with Crippen molar-refractivity contribution < 1.29 is 13.2 Å². The molecule has 0 aliphatic rings. The first kappa shape index (κ1) is 16.6. The molecule has 0 saturated heterocycles. The van der Waals surface area contributed by atoms with Crippen LogP contribution >= 0.6 is 0 Å². The Morgan fingerprint density at radius 3 is 2.60 bits per heavy atom. The summed E-state index contributed by atoms with van der Waals surface area (Å²) in [6.45, 7) is 3.48. The molecule has 1 aromatic heterocycles. The minimum atomic E-state index is -3.03. The maximum absolute atomic E-state index is 11.7. The Hall–Kier alpha value is -1.50. The van der Waals surface area contributed by atoms with E-state index >= 15 is 0 Å². The molecule has 1 aromatic rings. The fourth-order valence-corrected chi connectivity index (χ4v) is 2.96. The number of aromatic nitrogens is 1. The molecule has 0 fully saturated rings. The Kier molecular flexibility index (Phi) is 5.62. The van der Waals surface area contributed by atoms with Crippen LogP contribution in [0.3, 0.4) is 0 Å². The van der Waals surface area contributed by atoms with Gasteiger partial charge in [0.2, 0.25) is 5.88 Å². The highest BCUT2D eigenvalue weighted by molar-refractivity contribution is 7.91. The molecule has 0 spiro atoms. The summed E-state index contributed by atoms with van der Waals surface area (Å²) in [6, 6.07) is 1.63. The molecule has 7 heteroatoms. The SMILES string of the molecule is CCS(=O)(=O)CC(C)Nc1c(N(C)C)ccnc1OC. The van der Waals surface area contributed by atoms with Crippen LogP contribution in [0.5, 0.6) is 5.88 Å². The predicted octanol–water partition coefficient (Wildman–Crippen LogP) is 1.39. The van der Waals surface area contributed by atoms with Gasteiger partial charge in [0.05, 0.1) is 18.6 Å². The van der Waals surface area contributed by atoms with Gasteiger partial charge in [0.25, 0.3) is 0 Å². The number of sulfone groups is 1. The van der Waals surface area contributed by atoms with Crippen molar-refractivity contribution in [1.29, 1.82) is 0 Å². The maximum atomic E-state index is 11.7. The lowest BCUT2D eigenvalue weighted by Gasteiger charge is -2.23. The van der Waals surface area contributed by atoms with Crippen molar-refractivity contribution in [3.63, 3.8) is 0 Å². The first-order valence-electron chi connectivity index (χ1n) is 6.48. The van der Waals surface area contributed by atoms with Crippen LogP contribution in [0.4, 0.5) is 11.4 Å². The lowest BCUT2D eigenvalue weighted by molar-refractivity contribution is 0.399. The Labute approximate surface area is 121 Å². The fraction of sp³-hybridized carbons (Fsp3) is 0.615. The van der Waals surface area contributed by atoms with Gasteiger partial charge in [-0.3, -0.25) is 0 Å². The van der Waals surface area contributed by atoms with Gasteiger partial charge in [-0.15, -0.1) is 0 Å². The van der Waals surface area contributed by atoms with E-state index in [0.29, 0.717) is 11.6 Å². The van der Waals surface area contributed by atoms with Crippen LogP contribution in [0.15, 0.2) is 12.3 Å². The van der Waals surface area contributed by atoms with Crippen LogP contribution in [0.25, 0.3) is 0 Å². The van der Waals surface area contributed by atoms with E-state index < -0.39 is 9.84 Å². The molecule has 0 bridgehead atoms. The van der Waals surface area contributed by atoms with Gasteiger partial charge in [0, 0.05) is 32.1 Å². The van der Waals surface area contributed by atoms with E-state index in [2.05, 4.69) is 10.3 Å². The Bertz CT molecular complexity index is 544. The predicted molar refractivity (Wildman–Crippen MR) is 82.5 cm³/mol. The van der Waals surface area contributed by atoms with E-state index in [4.69, 9.17) is 4.74 Å². The molecule has 0 aromatic carbocycles. The van der Waals surface area contributed by atoms with Gasteiger partial charge >= 0.3 is 0 Å². The summed E-state index contributed by atoms with van der Waals surface area (Å²) in [5, 5.41) is 3.19. The van der Waals surface area contributed by atoms with Crippen molar-refractivity contribution in [2.45, 2.75) is 19.9 Å². The summed E-state index contributed by atoms with van der Waals surface area (Å²) < 4.78 is 28.6. The van der Waals surface area contributed by atoms with E-state index in [-0.39, 0.29) is 17.5 Å². The number of methoxy groups -OCH3 is 1. The number of anilines is 2. The molecular formula is C13H23N3O3S. The summed E-state index contributed by atoms with van der Waals surface area (Å²) in [7, 11) is 2.33. The highest BCUT2D eigenvalue weighted by Gasteiger charge is 2.18. The topological polar surface area (TPSA) is 71.5 Å². The number of rotatable bonds is 7. The summed E-state index contributed by atoms with van der Waals surface area (Å²) in [6.07, 6.45) is 1.66. The summed E-state index contributed by atoms with van der Waals surface area (Å²) in [5.41, 5.74) is 1.61. The van der Waals surface area contributed by atoms with Crippen LogP contribution in [0.2, 0.25) is 0 Å². The molecule has 1 atom stereocenters. The van der Waals surface area contributed by atoms with Crippen LogP contribution in [-0.2, 0) is 9.84 Å². The Balaban J connectivity index is 3.01. The van der Waals surface area contributed by atoms with E-state index in [1.54, 1.807) is 20.2 Å². The van der Waals surface area contributed by atoms with E-state index in [9.17, 15) is 8.42 Å². The fourth-order valence-electron chi connectivity index (χ4n) is 1.88. The van der Waals surface area contributed by atoms with Crippen molar-refractivity contribution in [1.82, 2.24) is 4.98 Å². The van der Waals surface area contributed by atoms with E-state index in [0.717, 1.165) is 5.69 Å². The van der Waals surface area contributed by atoms with Crippen molar-refractivity contribution >= 4 is 21.2 Å². The molecule has 1 unspecified atom stereocenters. The molecule has 20 heavy (non-hydrogen) atoms. The lowest BCUT2D eigenvalue weighted by Crippen LogP contribution is -2.28. The molecule has 0 saturated carbocycles. The second-order valence-electron chi connectivity index (χ2n) is 4.85. The number of nitrogens with zero attached hydrogens (tertiary/aromatic N) is 2. The van der Waals surface area contributed by atoms with Gasteiger partial charge in [-0.25, -0.2) is 13.4 Å². The average molecular weight is 301 g/mol. The largest absolute Gasteiger partial charge is 0.479 e. The minimum Gasteiger partial charge on any atom is -0.479 e. The van der Waals surface area contributed by atoms with Crippen LogP contribution in [0.1, 0.15) is 13.8 Å². The van der Waals surface area contributed by atoms with Crippen molar-refractivity contribution in [3.05, 3.63) is 12.3 Å². The summed E-state index contributed by atoms with van der Waals surface area (Å²) >= 11 is 0. The zero-order chi connectivity index (χ0) is 15.3. The number of nitrogens with one attached hydrogen (secondary N) is 1. The number of hydrogen-bond donors (Lipinski definition) is 1. The molecular weight excluding hydrogens is 278 g/mol. The second-order valence-corrected chi connectivity index (χ2v) is 7.25. The van der Waals surface area contributed by atoms with Gasteiger partial charge in [0.1, 0.15) is 5.69 Å². The third-order valence-corrected chi connectivity index (χ3v) is 4.79. The first-order chi connectivity index (χ1) is 9.30. The highest BCUT2D eigenvalue weighted by Crippen LogP contribution is 2.32. The highest BCUT2D eigenvalue weighted by atomic mass is 32.2. The van der Waals surface area contributed by atoms with Gasteiger partial charge in [0.15, 0.2) is 9.84 Å². The lowest BCUT2D eigenvalue weighted by atomic mass is 10.2. The van der Waals surface area contributed by atoms with Crippen LogP contribution in [0, 0.1) is 0 Å². The monoisotopic (exact) mass is 301 g/mol. The quantitative estimate of drug-likeness (QED) is 0.820. The minimum absolute atomic E-state index is 0.0778. The van der Waals surface area contributed by atoms with Crippen molar-refractivity contribution in [2.24, 2.45) is 0 Å². The second kappa shape index (κ2) is 6.78. The third kappa shape index (κ3) is 4.26.